The van der Waals surface area contributed by atoms with E-state index in [0.717, 1.165) is 0 Å². The summed E-state index contributed by atoms with van der Waals surface area (Å²) in [5.41, 5.74) is 2.59. The van der Waals surface area contributed by atoms with E-state index < -0.39 is 0 Å². The maximum Gasteiger partial charge on any atom is 0.00232 e. The molecule has 0 atom stereocenters. The van der Waals surface area contributed by atoms with Crippen molar-refractivity contribution in [3.63, 3.8) is 0 Å². The average molecular weight is 146 g/mol. The minimum Gasteiger partial charge on any atom is -0.114 e. The summed E-state index contributed by atoms with van der Waals surface area (Å²) >= 11 is 0. The predicted octanol–water partition coefficient (Wildman–Crippen LogP) is 2.38. The molecule has 1 aromatic rings. The third kappa shape index (κ3) is 0.732. The Bertz CT molecular complexity index is 310. The van der Waals surface area contributed by atoms with Gasteiger partial charge in [0.2, 0.25) is 0 Å². The van der Waals surface area contributed by atoms with Crippen molar-refractivity contribution in [1.82, 2.24) is 0 Å². The molecule has 0 saturated heterocycles. The third-order valence-corrected chi connectivity index (χ3v) is 2.12. The summed E-state index contributed by atoms with van der Waals surface area (Å²) in [4.78, 5) is 0. The van der Waals surface area contributed by atoms with Crippen molar-refractivity contribution >= 4 is 20.2 Å². The van der Waals surface area contributed by atoms with Crippen LogP contribution in [0, 0.1) is 0 Å². The molecule has 0 bridgehead atoms. The summed E-state index contributed by atoms with van der Waals surface area (Å²) in [6, 6.07) is 8.32. The Morgan fingerprint density at radius 1 is 1.00 bits per heavy atom. The zero-order valence-electron chi connectivity index (χ0n) is 5.46. The van der Waals surface area contributed by atoms with Gasteiger partial charge in [0, 0.05) is 5.29 Å². The van der Waals surface area contributed by atoms with Crippen LogP contribution < -0.4 is 0 Å². The highest BCUT2D eigenvalue weighted by Crippen LogP contribution is 2.19. The number of hydrogen-bond acceptors (Lipinski definition) is 0. The van der Waals surface area contributed by atoms with Gasteiger partial charge in [0.15, 0.2) is 0 Å². The minimum absolute atomic E-state index is 1.18. The van der Waals surface area contributed by atoms with E-state index in [1.807, 2.05) is 12.1 Å². The van der Waals surface area contributed by atoms with E-state index in [4.69, 9.17) is 0 Å². The number of benzene rings is 1. The van der Waals surface area contributed by atoms with Crippen LogP contribution in [0.3, 0.4) is 0 Å². The van der Waals surface area contributed by atoms with Crippen LogP contribution in [0.4, 0.5) is 0 Å². The van der Waals surface area contributed by atoms with Crippen LogP contribution in [-0.4, -0.2) is 5.29 Å². The molecule has 0 nitrogen and oxygen atoms in total. The van der Waals surface area contributed by atoms with Crippen LogP contribution >= 0.6 is 8.86 Å². The standard InChI is InChI=1S/C9H7P/c10-9-6-5-7-3-1-2-4-8(7)9/h1-6,10H. The first-order chi connectivity index (χ1) is 4.88. The molecule has 0 fully saturated rings. The van der Waals surface area contributed by atoms with Gasteiger partial charge in [-0.05, 0) is 17.2 Å². The molecule has 0 unspecified atom stereocenters. The summed E-state index contributed by atoms with van der Waals surface area (Å²) in [6.45, 7) is 0. The lowest BCUT2D eigenvalue weighted by Gasteiger charge is -1.95. The second-order valence-corrected chi connectivity index (χ2v) is 2.87. The lowest BCUT2D eigenvalue weighted by atomic mass is 10.1. The maximum absolute atomic E-state index is 3.52. The Hall–Kier alpha value is -0.870. The molecule has 0 heterocycles. The fourth-order valence-electron chi connectivity index (χ4n) is 1.15. The van der Waals surface area contributed by atoms with Gasteiger partial charge < -0.3 is 0 Å². The van der Waals surface area contributed by atoms with Crippen LogP contribution in [0.15, 0.2) is 30.3 Å². The van der Waals surface area contributed by atoms with Gasteiger partial charge >= 0.3 is 0 Å². The van der Waals surface area contributed by atoms with Gasteiger partial charge in [-0.25, -0.2) is 0 Å². The molecule has 0 aromatic heterocycles. The molecular formula is C9H7P. The fourth-order valence-corrected chi connectivity index (χ4v) is 1.46. The lowest BCUT2D eigenvalue weighted by molar-refractivity contribution is 1.65. The van der Waals surface area contributed by atoms with E-state index in [-0.39, 0.29) is 0 Å². The molecule has 1 aromatic carbocycles. The van der Waals surface area contributed by atoms with Gasteiger partial charge in [-0.3, -0.25) is 0 Å². The van der Waals surface area contributed by atoms with E-state index >= 15 is 0 Å². The zero-order chi connectivity index (χ0) is 6.97. The first-order valence-electron chi connectivity index (χ1n) is 3.24. The monoisotopic (exact) mass is 146 g/mol. The van der Waals surface area contributed by atoms with Crippen LogP contribution in [0.1, 0.15) is 11.1 Å². The van der Waals surface area contributed by atoms with Crippen LogP contribution in [0.5, 0.6) is 0 Å². The summed E-state index contributed by atoms with van der Waals surface area (Å²) in [6.07, 6.45) is 4.18. The van der Waals surface area contributed by atoms with E-state index in [1.54, 1.807) is 0 Å². The highest BCUT2D eigenvalue weighted by atomic mass is 31.0. The van der Waals surface area contributed by atoms with Gasteiger partial charge in [0.05, 0.1) is 0 Å². The Kier molecular flexibility index (Phi) is 1.22. The summed E-state index contributed by atoms with van der Waals surface area (Å²) in [7, 11) is 3.52. The van der Waals surface area contributed by atoms with Crippen molar-refractivity contribution in [3.05, 3.63) is 41.5 Å². The summed E-state index contributed by atoms with van der Waals surface area (Å²) < 4.78 is 0. The third-order valence-electron chi connectivity index (χ3n) is 1.68. The molecule has 1 aliphatic carbocycles. The highest BCUT2D eigenvalue weighted by Gasteiger charge is 2.05. The quantitative estimate of drug-likeness (QED) is 0.493. The average Bonchev–Trinajstić information content (AvgIpc) is 2.34. The Morgan fingerprint density at radius 2 is 1.80 bits per heavy atom. The fraction of sp³-hybridized carbons (Fsp3) is 0. The molecule has 0 N–H and O–H groups in total. The smallest absolute Gasteiger partial charge is 0.00232 e. The van der Waals surface area contributed by atoms with Crippen LogP contribution in [0.25, 0.3) is 6.08 Å². The molecule has 10 heavy (non-hydrogen) atoms. The lowest BCUT2D eigenvalue weighted by Crippen LogP contribution is -1.86. The van der Waals surface area contributed by atoms with Crippen molar-refractivity contribution in [1.29, 1.82) is 0 Å². The van der Waals surface area contributed by atoms with Crippen molar-refractivity contribution < 1.29 is 0 Å². The van der Waals surface area contributed by atoms with Crippen LogP contribution in [0.2, 0.25) is 0 Å². The zero-order valence-corrected chi connectivity index (χ0v) is 6.46. The van der Waals surface area contributed by atoms with Crippen molar-refractivity contribution in [2.75, 3.05) is 0 Å². The highest BCUT2D eigenvalue weighted by molar-refractivity contribution is 7.23. The van der Waals surface area contributed by atoms with Gasteiger partial charge in [0.1, 0.15) is 0 Å². The molecule has 48 valence electrons. The number of hydrogen-bond donors (Lipinski definition) is 0. The second-order valence-electron chi connectivity index (χ2n) is 2.33. The molecule has 0 amide bonds. The Labute approximate surface area is 62.4 Å². The van der Waals surface area contributed by atoms with E-state index in [1.165, 1.54) is 16.4 Å². The largest absolute Gasteiger partial charge is 0.114 e. The van der Waals surface area contributed by atoms with Crippen molar-refractivity contribution in [2.24, 2.45) is 0 Å². The van der Waals surface area contributed by atoms with E-state index in [2.05, 4.69) is 33.1 Å². The first-order valence-corrected chi connectivity index (χ1v) is 3.74. The minimum atomic E-state index is 1.18. The van der Waals surface area contributed by atoms with Gasteiger partial charge in [-0.15, -0.1) is 8.86 Å². The van der Waals surface area contributed by atoms with E-state index in [0.29, 0.717) is 0 Å². The molecule has 0 saturated carbocycles. The van der Waals surface area contributed by atoms with Crippen molar-refractivity contribution in [3.8, 4) is 0 Å². The predicted molar refractivity (Wildman–Crippen MR) is 47.9 cm³/mol. The summed E-state index contributed by atoms with van der Waals surface area (Å²) in [5.74, 6) is 0. The first kappa shape index (κ1) is 5.88. The molecule has 2 rings (SSSR count). The maximum atomic E-state index is 3.52. The topological polar surface area (TPSA) is 0 Å². The molecule has 0 radical (unpaired) electrons. The summed E-state index contributed by atoms with van der Waals surface area (Å²) in [5, 5.41) is 1.18. The van der Waals surface area contributed by atoms with Gasteiger partial charge in [-0.1, -0.05) is 30.3 Å². The van der Waals surface area contributed by atoms with Crippen molar-refractivity contribution in [2.45, 2.75) is 0 Å². The Balaban J connectivity index is 2.70. The SMILES string of the molecule is P=C1C=Cc2ccccc21. The van der Waals surface area contributed by atoms with E-state index in [9.17, 15) is 0 Å². The normalized spacial score (nSPS) is 13.8. The van der Waals surface area contributed by atoms with Crippen LogP contribution in [-0.2, 0) is 0 Å². The second kappa shape index (κ2) is 2.07. The molecule has 1 aliphatic rings. The molecule has 0 spiro atoms. The Morgan fingerprint density at radius 3 is 2.60 bits per heavy atom. The number of rotatable bonds is 0. The molecular weight excluding hydrogens is 139 g/mol. The molecule has 1 heteroatoms. The number of allylic oxidation sites excluding steroid dienone is 1. The van der Waals surface area contributed by atoms with Gasteiger partial charge in [-0.2, -0.15) is 0 Å². The molecule has 0 aliphatic heterocycles. The van der Waals surface area contributed by atoms with Gasteiger partial charge in [0.25, 0.3) is 0 Å². The number of fused-ring (bicyclic) bond motifs is 1.